The average molecular weight is 628 g/mol. The maximum absolute atomic E-state index is 6.61. The smallest absolute Gasteiger partial charge is 0.235 e. The number of rotatable bonds is 2. The number of nitrogens with zero attached hydrogens (tertiary/aromatic N) is 3. The van der Waals surface area contributed by atoms with Crippen LogP contribution in [0, 0.1) is 0 Å². The zero-order valence-electron chi connectivity index (χ0n) is 27.0. The maximum atomic E-state index is 6.61. The van der Waals surface area contributed by atoms with Crippen LogP contribution in [0.1, 0.15) is 25.0 Å². The van der Waals surface area contributed by atoms with E-state index in [-0.39, 0.29) is 5.41 Å². The standard InChI is InChI=1S/C45H29N3O/c1-45(2)34-19-9-5-13-27(34)28-24-23-26(25-35(28)45)41-31-16-6-10-20-36(31)46-44(47-41)48-37-21-11-7-17-32(37)39-40-33-18-8-12-22-38(33)49-43(40)30-15-4-3-14-29(30)42(39)48/h3-25H,1-2H3. The van der Waals surface area contributed by atoms with Crippen molar-refractivity contribution in [3.63, 3.8) is 0 Å². The second-order valence-corrected chi connectivity index (χ2v) is 13.7. The highest BCUT2D eigenvalue weighted by atomic mass is 16.3. The topological polar surface area (TPSA) is 43.9 Å². The molecule has 11 rings (SSSR count). The summed E-state index contributed by atoms with van der Waals surface area (Å²) in [5.41, 5.74) is 12.1. The van der Waals surface area contributed by atoms with Gasteiger partial charge in [0.1, 0.15) is 11.2 Å². The summed E-state index contributed by atoms with van der Waals surface area (Å²) in [6.45, 7) is 4.66. The highest BCUT2D eigenvalue weighted by Gasteiger charge is 2.35. The fourth-order valence-electron chi connectivity index (χ4n) is 8.56. The van der Waals surface area contributed by atoms with Crippen LogP contribution in [0.3, 0.4) is 0 Å². The summed E-state index contributed by atoms with van der Waals surface area (Å²) >= 11 is 0. The molecule has 7 aromatic carbocycles. The second-order valence-electron chi connectivity index (χ2n) is 13.7. The van der Waals surface area contributed by atoms with E-state index in [0.29, 0.717) is 5.95 Å². The van der Waals surface area contributed by atoms with E-state index in [0.717, 1.165) is 76.7 Å². The number of benzene rings is 7. The highest BCUT2D eigenvalue weighted by molar-refractivity contribution is 6.35. The van der Waals surface area contributed by atoms with Crippen LogP contribution in [-0.4, -0.2) is 14.5 Å². The summed E-state index contributed by atoms with van der Waals surface area (Å²) < 4.78 is 8.88. The number of hydrogen-bond acceptors (Lipinski definition) is 3. The van der Waals surface area contributed by atoms with Crippen molar-refractivity contribution in [2.75, 3.05) is 0 Å². The van der Waals surface area contributed by atoms with Crippen LogP contribution in [-0.2, 0) is 5.41 Å². The molecule has 3 aromatic heterocycles. The van der Waals surface area contributed by atoms with Crippen molar-refractivity contribution in [3.8, 4) is 28.3 Å². The molecule has 0 atom stereocenters. The van der Waals surface area contributed by atoms with Crippen molar-refractivity contribution in [2.45, 2.75) is 19.3 Å². The first kappa shape index (κ1) is 26.8. The molecule has 3 heterocycles. The van der Waals surface area contributed by atoms with Crippen LogP contribution in [0.25, 0.3) is 93.8 Å². The van der Waals surface area contributed by atoms with E-state index in [1.807, 2.05) is 6.07 Å². The minimum atomic E-state index is -0.113. The number of hydrogen-bond donors (Lipinski definition) is 0. The molecule has 4 nitrogen and oxygen atoms in total. The van der Waals surface area contributed by atoms with Gasteiger partial charge in [0.05, 0.1) is 22.2 Å². The van der Waals surface area contributed by atoms with E-state index in [4.69, 9.17) is 14.4 Å². The van der Waals surface area contributed by atoms with Crippen LogP contribution in [0.2, 0.25) is 0 Å². The van der Waals surface area contributed by atoms with E-state index in [9.17, 15) is 0 Å². The molecule has 10 aromatic rings. The Labute approximate surface area is 281 Å². The molecule has 0 N–H and O–H groups in total. The first-order valence-corrected chi connectivity index (χ1v) is 16.8. The molecule has 1 aliphatic carbocycles. The van der Waals surface area contributed by atoms with Gasteiger partial charge in [-0.2, -0.15) is 0 Å². The SMILES string of the molecule is CC1(C)c2ccccc2-c2ccc(-c3nc(-n4c5ccccc5c5c6c7ccccc7oc6c6ccccc6c54)nc4ccccc34)cc21. The van der Waals surface area contributed by atoms with Crippen LogP contribution >= 0.6 is 0 Å². The normalized spacial score (nSPS) is 13.7. The lowest BCUT2D eigenvalue weighted by Gasteiger charge is -2.22. The maximum Gasteiger partial charge on any atom is 0.235 e. The molecule has 0 bridgehead atoms. The van der Waals surface area contributed by atoms with Gasteiger partial charge in [0.2, 0.25) is 5.95 Å². The Balaban J connectivity index is 1.27. The largest absolute Gasteiger partial charge is 0.455 e. The van der Waals surface area contributed by atoms with Crippen molar-refractivity contribution in [2.24, 2.45) is 0 Å². The lowest BCUT2D eigenvalue weighted by atomic mass is 9.82. The Morgan fingerprint density at radius 3 is 2.10 bits per heavy atom. The lowest BCUT2D eigenvalue weighted by Crippen LogP contribution is -2.15. The van der Waals surface area contributed by atoms with E-state index in [1.165, 1.54) is 22.3 Å². The summed E-state index contributed by atoms with van der Waals surface area (Å²) in [6.07, 6.45) is 0. The predicted octanol–water partition coefficient (Wildman–Crippen LogP) is 11.8. The molecule has 0 aliphatic heterocycles. The van der Waals surface area contributed by atoms with E-state index in [2.05, 4.69) is 152 Å². The number of aromatic nitrogens is 3. The molecule has 0 radical (unpaired) electrons. The summed E-state index contributed by atoms with van der Waals surface area (Å²) in [4.78, 5) is 10.8. The molecule has 49 heavy (non-hydrogen) atoms. The molecule has 0 fully saturated rings. The van der Waals surface area contributed by atoms with Gasteiger partial charge in [0, 0.05) is 48.7 Å². The molecular formula is C45H29N3O. The van der Waals surface area contributed by atoms with Crippen LogP contribution < -0.4 is 0 Å². The van der Waals surface area contributed by atoms with Crippen LogP contribution in [0.15, 0.2) is 144 Å². The summed E-state index contributed by atoms with van der Waals surface area (Å²) in [6, 6.07) is 49.6. The van der Waals surface area contributed by atoms with Crippen molar-refractivity contribution in [1.29, 1.82) is 0 Å². The molecule has 0 spiro atoms. The molecule has 4 heteroatoms. The second kappa shape index (κ2) is 9.42. The Morgan fingerprint density at radius 1 is 0.551 bits per heavy atom. The average Bonchev–Trinajstić information content (AvgIpc) is 3.77. The van der Waals surface area contributed by atoms with Gasteiger partial charge < -0.3 is 4.42 Å². The zero-order chi connectivity index (χ0) is 32.4. The first-order chi connectivity index (χ1) is 24.1. The molecular weight excluding hydrogens is 599 g/mol. The van der Waals surface area contributed by atoms with Gasteiger partial charge >= 0.3 is 0 Å². The van der Waals surface area contributed by atoms with Crippen molar-refractivity contribution in [1.82, 2.24) is 14.5 Å². The number of para-hydroxylation sites is 3. The van der Waals surface area contributed by atoms with Gasteiger partial charge in [0.25, 0.3) is 0 Å². The van der Waals surface area contributed by atoms with Gasteiger partial charge in [-0.25, -0.2) is 9.97 Å². The lowest BCUT2D eigenvalue weighted by molar-refractivity contribution is 0.660. The van der Waals surface area contributed by atoms with Crippen molar-refractivity contribution in [3.05, 3.63) is 151 Å². The van der Waals surface area contributed by atoms with Crippen molar-refractivity contribution < 1.29 is 4.42 Å². The fraction of sp³-hybridized carbons (Fsp3) is 0.0667. The van der Waals surface area contributed by atoms with Gasteiger partial charge in [0.15, 0.2) is 0 Å². The van der Waals surface area contributed by atoms with Gasteiger partial charge in [-0.3, -0.25) is 4.57 Å². The van der Waals surface area contributed by atoms with Crippen molar-refractivity contribution >= 4 is 65.4 Å². The Kier molecular flexibility index (Phi) is 5.15. The van der Waals surface area contributed by atoms with E-state index in [1.54, 1.807) is 0 Å². The third-order valence-electron chi connectivity index (χ3n) is 10.8. The van der Waals surface area contributed by atoms with Gasteiger partial charge in [-0.15, -0.1) is 0 Å². The zero-order valence-corrected chi connectivity index (χ0v) is 27.0. The summed E-state index contributed by atoms with van der Waals surface area (Å²) in [5, 5.41) is 7.76. The van der Waals surface area contributed by atoms with E-state index < -0.39 is 0 Å². The Morgan fingerprint density at radius 2 is 1.22 bits per heavy atom. The van der Waals surface area contributed by atoms with Crippen LogP contribution in [0.4, 0.5) is 0 Å². The first-order valence-electron chi connectivity index (χ1n) is 16.8. The van der Waals surface area contributed by atoms with Gasteiger partial charge in [-0.1, -0.05) is 129 Å². The summed E-state index contributed by atoms with van der Waals surface area (Å²) in [7, 11) is 0. The minimum absolute atomic E-state index is 0.113. The molecule has 0 unspecified atom stereocenters. The fourth-order valence-corrected chi connectivity index (χ4v) is 8.56. The Hall–Kier alpha value is -6.26. The molecule has 0 saturated carbocycles. The summed E-state index contributed by atoms with van der Waals surface area (Å²) in [5.74, 6) is 0.653. The molecule has 230 valence electrons. The third-order valence-corrected chi connectivity index (χ3v) is 10.8. The number of furan rings is 1. The van der Waals surface area contributed by atoms with Crippen LogP contribution in [0.5, 0.6) is 0 Å². The third kappa shape index (κ3) is 3.47. The highest BCUT2D eigenvalue weighted by Crippen LogP contribution is 2.50. The quantitative estimate of drug-likeness (QED) is 0.192. The molecule has 0 saturated heterocycles. The monoisotopic (exact) mass is 627 g/mol. The number of fused-ring (bicyclic) bond motifs is 14. The predicted molar refractivity (Wildman–Crippen MR) is 202 cm³/mol. The Bertz CT molecular complexity index is 3030. The minimum Gasteiger partial charge on any atom is -0.455 e. The van der Waals surface area contributed by atoms with E-state index >= 15 is 0 Å². The van der Waals surface area contributed by atoms with Gasteiger partial charge in [-0.05, 0) is 46.5 Å². The molecule has 1 aliphatic rings. The molecule has 0 amide bonds.